The number of nitrogens with one attached hydrogen (secondary N) is 1. The van der Waals surface area contributed by atoms with Crippen LogP contribution >= 0.6 is 22.6 Å². The van der Waals surface area contributed by atoms with Crippen molar-refractivity contribution in [2.24, 2.45) is 0 Å². The van der Waals surface area contributed by atoms with Crippen molar-refractivity contribution in [2.45, 2.75) is 52.2 Å². The molecule has 2 aromatic rings. The maximum atomic E-state index is 13.5. The molecule has 2 rings (SSSR count). The normalized spacial score (nSPS) is 13.1. The maximum Gasteiger partial charge on any atom is 0.244 e. The van der Waals surface area contributed by atoms with Crippen LogP contribution in [-0.2, 0) is 26.2 Å². The molecule has 9 heteroatoms. The van der Waals surface area contributed by atoms with Gasteiger partial charge in [0.05, 0.1) is 11.9 Å². The highest BCUT2D eigenvalue weighted by molar-refractivity contribution is 14.1. The summed E-state index contributed by atoms with van der Waals surface area (Å²) in [5, 5.41) is 2.96. The molecular formula is C24H32IN3O4S. The van der Waals surface area contributed by atoms with E-state index in [1.165, 1.54) is 4.90 Å². The number of anilines is 1. The van der Waals surface area contributed by atoms with E-state index in [-0.39, 0.29) is 25.0 Å². The average Bonchev–Trinajstić information content (AvgIpc) is 2.77. The zero-order chi connectivity index (χ0) is 24.6. The van der Waals surface area contributed by atoms with Gasteiger partial charge in [-0.25, -0.2) is 8.42 Å². The van der Waals surface area contributed by atoms with Crippen molar-refractivity contribution in [1.29, 1.82) is 0 Å². The summed E-state index contributed by atoms with van der Waals surface area (Å²) in [6, 6.07) is 15.5. The van der Waals surface area contributed by atoms with Gasteiger partial charge in [-0.2, -0.15) is 0 Å². The zero-order valence-corrected chi connectivity index (χ0v) is 22.5. The molecule has 0 saturated carbocycles. The van der Waals surface area contributed by atoms with Gasteiger partial charge in [0.25, 0.3) is 0 Å². The van der Waals surface area contributed by atoms with Gasteiger partial charge in [0, 0.05) is 16.2 Å². The highest BCUT2D eigenvalue weighted by atomic mass is 127. The summed E-state index contributed by atoms with van der Waals surface area (Å²) in [5.74, 6) is -0.676. The number of carbonyl (C=O) groups is 2. The molecule has 180 valence electrons. The van der Waals surface area contributed by atoms with E-state index in [0.29, 0.717) is 12.1 Å². The number of hydrogen-bond acceptors (Lipinski definition) is 4. The molecule has 2 atom stereocenters. The van der Waals surface area contributed by atoms with Gasteiger partial charge in [-0.05, 0) is 72.2 Å². The molecule has 33 heavy (non-hydrogen) atoms. The van der Waals surface area contributed by atoms with Gasteiger partial charge in [0.1, 0.15) is 12.6 Å². The monoisotopic (exact) mass is 585 g/mol. The molecule has 1 N–H and O–H groups in total. The summed E-state index contributed by atoms with van der Waals surface area (Å²) < 4.78 is 27.2. The Morgan fingerprint density at radius 2 is 1.61 bits per heavy atom. The lowest BCUT2D eigenvalue weighted by Gasteiger charge is -2.33. The first-order chi connectivity index (χ1) is 15.6. The Bertz CT molecular complexity index is 1030. The molecule has 0 bridgehead atoms. The van der Waals surface area contributed by atoms with Crippen molar-refractivity contribution in [1.82, 2.24) is 10.2 Å². The molecule has 2 amide bonds. The van der Waals surface area contributed by atoms with Crippen molar-refractivity contribution >= 4 is 50.1 Å². The Labute approximate surface area is 210 Å². The van der Waals surface area contributed by atoms with Gasteiger partial charge < -0.3 is 10.2 Å². The lowest BCUT2D eigenvalue weighted by molar-refractivity contribution is -0.140. The quantitative estimate of drug-likeness (QED) is 0.407. The third kappa shape index (κ3) is 7.99. The van der Waals surface area contributed by atoms with Gasteiger partial charge in [-0.1, -0.05) is 44.2 Å². The Morgan fingerprint density at radius 1 is 1.00 bits per heavy atom. The first-order valence-electron chi connectivity index (χ1n) is 10.9. The molecule has 0 heterocycles. The van der Waals surface area contributed by atoms with E-state index in [4.69, 9.17) is 0 Å². The Kier molecular flexibility index (Phi) is 10.2. The van der Waals surface area contributed by atoms with Crippen molar-refractivity contribution < 1.29 is 18.0 Å². The fourth-order valence-corrected chi connectivity index (χ4v) is 4.57. The summed E-state index contributed by atoms with van der Waals surface area (Å²) in [6.45, 7) is 5.55. The van der Waals surface area contributed by atoms with E-state index in [2.05, 4.69) is 27.9 Å². The highest BCUT2D eigenvalue weighted by Gasteiger charge is 2.32. The van der Waals surface area contributed by atoms with Crippen molar-refractivity contribution in [3.05, 3.63) is 63.7 Å². The highest BCUT2D eigenvalue weighted by Crippen LogP contribution is 2.21. The minimum absolute atomic E-state index is 0.0282. The second-order valence-electron chi connectivity index (χ2n) is 8.00. The molecule has 0 fully saturated rings. The summed E-state index contributed by atoms with van der Waals surface area (Å²) in [6.07, 6.45) is 2.25. The summed E-state index contributed by atoms with van der Waals surface area (Å²) >= 11 is 2.14. The van der Waals surface area contributed by atoms with Crippen LogP contribution in [0, 0.1) is 3.57 Å². The number of hydrogen-bond donors (Lipinski definition) is 1. The molecule has 0 aliphatic carbocycles. The minimum atomic E-state index is -3.73. The van der Waals surface area contributed by atoms with Gasteiger partial charge in [0.15, 0.2) is 0 Å². The Hall–Kier alpha value is -2.14. The zero-order valence-electron chi connectivity index (χ0n) is 19.5. The van der Waals surface area contributed by atoms with Gasteiger partial charge in [0.2, 0.25) is 21.8 Å². The third-order valence-electron chi connectivity index (χ3n) is 5.38. The van der Waals surface area contributed by atoms with Crippen molar-refractivity contribution in [3.63, 3.8) is 0 Å². The standard InChI is InChI=1S/C24H32IN3O4S/c1-5-18(3)26-24(30)22(6-2)27(16-19-10-8-7-9-11-19)23(29)17-28(33(4,31)32)21-14-12-20(25)13-15-21/h7-15,18,22H,5-6,16-17H2,1-4H3,(H,26,30)/t18-,22+/m0/s1. The fourth-order valence-electron chi connectivity index (χ4n) is 3.36. The van der Waals surface area contributed by atoms with Crippen LogP contribution < -0.4 is 9.62 Å². The predicted molar refractivity (Wildman–Crippen MR) is 140 cm³/mol. The molecule has 0 unspecified atom stereocenters. The second-order valence-corrected chi connectivity index (χ2v) is 11.1. The van der Waals surface area contributed by atoms with Crippen LogP contribution in [0.1, 0.15) is 39.2 Å². The molecule has 0 radical (unpaired) electrons. The number of nitrogens with zero attached hydrogens (tertiary/aromatic N) is 2. The largest absolute Gasteiger partial charge is 0.352 e. The van der Waals surface area contributed by atoms with E-state index in [9.17, 15) is 18.0 Å². The van der Waals surface area contributed by atoms with Crippen LogP contribution in [0.3, 0.4) is 0 Å². The lowest BCUT2D eigenvalue weighted by Crippen LogP contribution is -2.53. The lowest BCUT2D eigenvalue weighted by atomic mass is 10.1. The Balaban J connectivity index is 2.39. The summed E-state index contributed by atoms with van der Waals surface area (Å²) in [4.78, 5) is 28.1. The number of rotatable bonds is 11. The van der Waals surface area contributed by atoms with Gasteiger partial charge in [-0.15, -0.1) is 0 Å². The number of halogens is 1. The van der Waals surface area contributed by atoms with Crippen LogP contribution in [0.4, 0.5) is 5.69 Å². The molecule has 0 aliphatic heterocycles. The smallest absolute Gasteiger partial charge is 0.244 e. The van der Waals surface area contributed by atoms with Gasteiger partial charge >= 0.3 is 0 Å². The topological polar surface area (TPSA) is 86.8 Å². The first-order valence-corrected chi connectivity index (χ1v) is 13.9. The molecular weight excluding hydrogens is 553 g/mol. The average molecular weight is 586 g/mol. The number of sulfonamides is 1. The molecule has 0 spiro atoms. The van der Waals surface area contributed by atoms with Crippen LogP contribution in [-0.4, -0.2) is 50.0 Å². The molecule has 0 saturated heterocycles. The van der Waals surface area contributed by atoms with Crippen molar-refractivity contribution in [3.8, 4) is 0 Å². The third-order valence-corrected chi connectivity index (χ3v) is 7.24. The predicted octanol–water partition coefficient (Wildman–Crippen LogP) is 3.78. The van der Waals surface area contributed by atoms with Crippen LogP contribution in [0.2, 0.25) is 0 Å². The Morgan fingerprint density at radius 3 is 2.12 bits per heavy atom. The van der Waals surface area contributed by atoms with Crippen LogP contribution in [0.5, 0.6) is 0 Å². The van der Waals surface area contributed by atoms with Crippen LogP contribution in [0.15, 0.2) is 54.6 Å². The molecule has 0 aromatic heterocycles. The van der Waals surface area contributed by atoms with E-state index >= 15 is 0 Å². The molecule has 7 nitrogen and oxygen atoms in total. The van der Waals surface area contributed by atoms with Crippen LogP contribution in [0.25, 0.3) is 0 Å². The number of amides is 2. The number of benzene rings is 2. The van der Waals surface area contributed by atoms with E-state index in [0.717, 1.165) is 26.1 Å². The van der Waals surface area contributed by atoms with Crippen molar-refractivity contribution in [2.75, 3.05) is 17.1 Å². The van der Waals surface area contributed by atoms with E-state index < -0.39 is 22.0 Å². The van der Waals surface area contributed by atoms with Gasteiger partial charge in [-0.3, -0.25) is 13.9 Å². The SMILES string of the molecule is CC[C@H](C(=O)N[C@@H](C)CC)N(Cc1ccccc1)C(=O)CN(c1ccc(I)cc1)S(C)(=O)=O. The van der Waals surface area contributed by atoms with E-state index in [1.807, 2.05) is 51.1 Å². The first kappa shape index (κ1) is 27.1. The minimum Gasteiger partial charge on any atom is -0.352 e. The fraction of sp³-hybridized carbons (Fsp3) is 0.417. The summed E-state index contributed by atoms with van der Waals surface area (Å²) in [5.41, 5.74) is 1.27. The second kappa shape index (κ2) is 12.4. The maximum absolute atomic E-state index is 13.5. The molecule has 0 aliphatic rings. The molecule has 2 aromatic carbocycles. The van der Waals surface area contributed by atoms with E-state index in [1.54, 1.807) is 24.3 Å². The number of carbonyl (C=O) groups excluding carboxylic acids is 2. The summed E-state index contributed by atoms with van der Waals surface area (Å²) in [7, 11) is -3.73.